The number of hydrogen-bond acceptors (Lipinski definition) is 5. The Morgan fingerprint density at radius 3 is 3.11 bits per heavy atom. The fourth-order valence-corrected chi connectivity index (χ4v) is 2.20. The molecular formula is C11H8N4OS2. The second-order valence-electron chi connectivity index (χ2n) is 3.40. The van der Waals surface area contributed by atoms with Crippen molar-refractivity contribution in [2.75, 3.05) is 0 Å². The van der Waals surface area contributed by atoms with E-state index in [1.54, 1.807) is 29.9 Å². The van der Waals surface area contributed by atoms with Gasteiger partial charge in [-0.1, -0.05) is 6.07 Å². The fourth-order valence-electron chi connectivity index (χ4n) is 1.44. The van der Waals surface area contributed by atoms with Gasteiger partial charge < -0.3 is 4.42 Å². The molecule has 0 aliphatic carbocycles. The van der Waals surface area contributed by atoms with Crippen molar-refractivity contribution in [1.82, 2.24) is 14.9 Å². The smallest absolute Gasteiger partial charge is 0.219 e. The summed E-state index contributed by atoms with van der Waals surface area (Å²) in [6, 6.07) is 7.54. The largest absolute Gasteiger partial charge is 0.461 e. The van der Waals surface area contributed by atoms with Crippen molar-refractivity contribution in [2.45, 2.75) is 0 Å². The van der Waals surface area contributed by atoms with Crippen molar-refractivity contribution in [2.24, 2.45) is 5.10 Å². The van der Waals surface area contributed by atoms with Crippen LogP contribution < -0.4 is 0 Å². The maximum Gasteiger partial charge on any atom is 0.219 e. The lowest BCUT2D eigenvalue weighted by Crippen LogP contribution is -1.93. The van der Waals surface area contributed by atoms with Gasteiger partial charge in [-0.25, -0.2) is 5.10 Å². The van der Waals surface area contributed by atoms with E-state index in [0.717, 1.165) is 4.88 Å². The van der Waals surface area contributed by atoms with Gasteiger partial charge in [-0.3, -0.25) is 0 Å². The summed E-state index contributed by atoms with van der Waals surface area (Å²) in [6.45, 7) is 0. The molecule has 5 nitrogen and oxygen atoms in total. The second-order valence-corrected chi connectivity index (χ2v) is 4.77. The highest BCUT2D eigenvalue weighted by Crippen LogP contribution is 2.17. The minimum absolute atomic E-state index is 0.425. The van der Waals surface area contributed by atoms with Crippen LogP contribution in [0.2, 0.25) is 0 Å². The average molecular weight is 276 g/mol. The maximum atomic E-state index is 5.29. The van der Waals surface area contributed by atoms with Crippen LogP contribution in [0, 0.1) is 4.77 Å². The number of nitrogens with zero attached hydrogens (tertiary/aromatic N) is 3. The van der Waals surface area contributed by atoms with E-state index in [1.807, 2.05) is 23.6 Å². The average Bonchev–Trinajstić information content (AvgIpc) is 3.08. The first kappa shape index (κ1) is 11.1. The van der Waals surface area contributed by atoms with Crippen LogP contribution in [-0.2, 0) is 0 Å². The highest BCUT2D eigenvalue weighted by Gasteiger charge is 2.10. The van der Waals surface area contributed by atoms with Crippen molar-refractivity contribution in [3.8, 4) is 11.6 Å². The van der Waals surface area contributed by atoms with Crippen molar-refractivity contribution in [3.05, 3.63) is 45.6 Å². The molecule has 0 aliphatic rings. The number of aromatic nitrogens is 3. The summed E-state index contributed by atoms with van der Waals surface area (Å²) in [7, 11) is 0. The zero-order chi connectivity index (χ0) is 12.4. The van der Waals surface area contributed by atoms with Gasteiger partial charge in [0, 0.05) is 4.88 Å². The van der Waals surface area contributed by atoms with Gasteiger partial charge >= 0.3 is 0 Å². The lowest BCUT2D eigenvalue weighted by Gasteiger charge is -1.95. The SMILES string of the molecule is S=c1[nH]nc(-c2ccco2)n1/N=C/c1cccs1. The summed E-state index contributed by atoms with van der Waals surface area (Å²) in [6.07, 6.45) is 3.32. The molecule has 0 unspecified atom stereocenters. The van der Waals surface area contributed by atoms with Gasteiger partial charge in [0.05, 0.1) is 12.5 Å². The molecule has 3 aromatic rings. The van der Waals surface area contributed by atoms with Crippen LogP contribution in [0.3, 0.4) is 0 Å². The van der Waals surface area contributed by atoms with Crippen LogP contribution in [0.5, 0.6) is 0 Å². The molecule has 0 bridgehead atoms. The number of rotatable bonds is 3. The Bertz CT molecular complexity index is 707. The van der Waals surface area contributed by atoms with Gasteiger partial charge in [0.15, 0.2) is 5.76 Å². The maximum absolute atomic E-state index is 5.29. The molecule has 1 N–H and O–H groups in total. The Kier molecular flexibility index (Phi) is 2.91. The van der Waals surface area contributed by atoms with Gasteiger partial charge in [0.1, 0.15) is 0 Å². The molecule has 3 rings (SSSR count). The molecule has 0 saturated heterocycles. The molecule has 18 heavy (non-hydrogen) atoms. The van der Waals surface area contributed by atoms with Crippen molar-refractivity contribution >= 4 is 29.8 Å². The van der Waals surface area contributed by atoms with E-state index in [9.17, 15) is 0 Å². The van der Waals surface area contributed by atoms with E-state index in [4.69, 9.17) is 16.6 Å². The van der Waals surface area contributed by atoms with E-state index in [1.165, 1.54) is 4.68 Å². The van der Waals surface area contributed by atoms with Gasteiger partial charge in [-0.2, -0.15) is 9.78 Å². The molecule has 0 aliphatic heterocycles. The summed E-state index contributed by atoms with van der Waals surface area (Å²) in [4.78, 5) is 1.04. The van der Waals surface area contributed by atoms with E-state index in [0.29, 0.717) is 16.4 Å². The van der Waals surface area contributed by atoms with E-state index in [2.05, 4.69) is 15.3 Å². The minimum atomic E-state index is 0.425. The molecule has 0 saturated carbocycles. The Labute approximate surface area is 111 Å². The molecule has 7 heteroatoms. The lowest BCUT2D eigenvalue weighted by molar-refractivity contribution is 0.573. The third-order valence-corrected chi connectivity index (χ3v) is 3.31. The summed E-state index contributed by atoms with van der Waals surface area (Å²) in [5.41, 5.74) is 0. The second kappa shape index (κ2) is 4.71. The number of furan rings is 1. The number of aromatic amines is 1. The third-order valence-electron chi connectivity index (χ3n) is 2.24. The van der Waals surface area contributed by atoms with Gasteiger partial charge in [0.2, 0.25) is 10.6 Å². The zero-order valence-corrected chi connectivity index (χ0v) is 10.7. The Morgan fingerprint density at radius 1 is 1.44 bits per heavy atom. The Morgan fingerprint density at radius 2 is 2.39 bits per heavy atom. The van der Waals surface area contributed by atoms with Crippen LogP contribution >= 0.6 is 23.6 Å². The quantitative estimate of drug-likeness (QED) is 0.590. The molecule has 90 valence electrons. The molecule has 0 spiro atoms. The molecule has 0 fully saturated rings. The molecule has 0 radical (unpaired) electrons. The van der Waals surface area contributed by atoms with Crippen LogP contribution in [0.25, 0.3) is 11.6 Å². The highest BCUT2D eigenvalue weighted by atomic mass is 32.1. The predicted octanol–water partition coefficient (Wildman–Crippen LogP) is 3.14. The molecule has 0 amide bonds. The van der Waals surface area contributed by atoms with Crippen molar-refractivity contribution < 1.29 is 4.42 Å². The number of thiophene rings is 1. The van der Waals surface area contributed by atoms with Gasteiger partial charge in [-0.15, -0.1) is 16.4 Å². The Hall–Kier alpha value is -1.99. The molecule has 0 aromatic carbocycles. The van der Waals surface area contributed by atoms with Crippen LogP contribution in [0.15, 0.2) is 45.4 Å². The highest BCUT2D eigenvalue weighted by molar-refractivity contribution is 7.71. The first-order valence-electron chi connectivity index (χ1n) is 5.14. The van der Waals surface area contributed by atoms with Gasteiger partial charge in [-0.05, 0) is 35.8 Å². The van der Waals surface area contributed by atoms with Crippen LogP contribution in [0.4, 0.5) is 0 Å². The van der Waals surface area contributed by atoms with E-state index in [-0.39, 0.29) is 0 Å². The summed E-state index contributed by atoms with van der Waals surface area (Å²) in [5, 5.41) is 13.1. The van der Waals surface area contributed by atoms with E-state index >= 15 is 0 Å². The first-order valence-corrected chi connectivity index (χ1v) is 6.42. The molecule has 3 heterocycles. The number of nitrogens with one attached hydrogen (secondary N) is 1. The monoisotopic (exact) mass is 276 g/mol. The fraction of sp³-hybridized carbons (Fsp3) is 0. The number of H-pyrrole nitrogens is 1. The summed E-state index contributed by atoms with van der Waals surface area (Å²) < 4.78 is 7.25. The summed E-state index contributed by atoms with van der Waals surface area (Å²) >= 11 is 6.74. The van der Waals surface area contributed by atoms with Crippen LogP contribution in [-0.4, -0.2) is 21.1 Å². The third kappa shape index (κ3) is 2.05. The topological polar surface area (TPSA) is 59.1 Å². The lowest BCUT2D eigenvalue weighted by atomic mass is 10.4. The van der Waals surface area contributed by atoms with Crippen LogP contribution in [0.1, 0.15) is 4.88 Å². The van der Waals surface area contributed by atoms with Gasteiger partial charge in [0.25, 0.3) is 0 Å². The molecule has 0 atom stereocenters. The Balaban J connectivity index is 2.02. The van der Waals surface area contributed by atoms with Crippen molar-refractivity contribution in [1.29, 1.82) is 0 Å². The minimum Gasteiger partial charge on any atom is -0.461 e. The summed E-state index contributed by atoms with van der Waals surface area (Å²) in [5.74, 6) is 1.17. The standard InChI is InChI=1S/C11H8N4OS2/c17-11-14-13-10(9-4-1-5-16-9)15(11)12-7-8-3-2-6-18-8/h1-7H,(H,14,17)/b12-7+. The number of hydrogen-bond donors (Lipinski definition) is 1. The first-order chi connectivity index (χ1) is 8.84. The molecule has 3 aromatic heterocycles. The van der Waals surface area contributed by atoms with Crippen molar-refractivity contribution in [3.63, 3.8) is 0 Å². The predicted molar refractivity (Wildman–Crippen MR) is 72.4 cm³/mol. The zero-order valence-electron chi connectivity index (χ0n) is 9.11. The molecular weight excluding hydrogens is 268 g/mol. The van der Waals surface area contributed by atoms with E-state index < -0.39 is 0 Å². The normalized spacial score (nSPS) is 11.3.